The third kappa shape index (κ3) is 5.05. The minimum absolute atomic E-state index is 0.112. The van der Waals surface area contributed by atoms with Crippen LogP contribution in [0.5, 0.6) is 0 Å². The van der Waals surface area contributed by atoms with E-state index >= 15 is 0 Å². The molecule has 2 rings (SSSR count). The Morgan fingerprint density at radius 2 is 1.67 bits per heavy atom. The molecule has 2 N–H and O–H groups in total. The summed E-state index contributed by atoms with van der Waals surface area (Å²) in [6.45, 7) is -0.464. The Kier molecular flexibility index (Phi) is 6.54. The minimum atomic E-state index is -3.54. The lowest BCUT2D eigenvalue weighted by Gasteiger charge is -2.12. The number of para-hydroxylation sites is 1. The first-order valence-corrected chi connectivity index (χ1v) is 9.46. The predicted molar refractivity (Wildman–Crippen MR) is 102 cm³/mol. The van der Waals surface area contributed by atoms with Crippen LogP contribution in [0.3, 0.4) is 0 Å². The molecule has 9 heteroatoms. The van der Waals surface area contributed by atoms with E-state index in [9.17, 15) is 18.0 Å². The van der Waals surface area contributed by atoms with Gasteiger partial charge in [0.15, 0.2) is 6.61 Å². The fourth-order valence-electron chi connectivity index (χ4n) is 2.21. The molecule has 0 aromatic heterocycles. The van der Waals surface area contributed by atoms with Gasteiger partial charge in [-0.25, -0.2) is 17.5 Å². The van der Waals surface area contributed by atoms with E-state index in [2.05, 4.69) is 10.6 Å². The number of nitrogens with one attached hydrogen (secondary N) is 2. The average Bonchev–Trinajstić information content (AvgIpc) is 2.66. The highest BCUT2D eigenvalue weighted by atomic mass is 32.2. The van der Waals surface area contributed by atoms with Crippen LogP contribution in [0.2, 0.25) is 0 Å². The topological polar surface area (TPSA) is 105 Å². The zero-order valence-electron chi connectivity index (χ0n) is 15.2. The maximum atomic E-state index is 12.1. The van der Waals surface area contributed by atoms with Crippen molar-refractivity contribution >= 4 is 33.3 Å². The summed E-state index contributed by atoms with van der Waals surface area (Å²) < 4.78 is 30.1. The van der Waals surface area contributed by atoms with Crippen LogP contribution in [0.25, 0.3) is 0 Å². The molecule has 0 fully saturated rings. The Balaban J connectivity index is 1.95. The van der Waals surface area contributed by atoms with Crippen molar-refractivity contribution in [1.29, 1.82) is 0 Å². The van der Waals surface area contributed by atoms with Crippen molar-refractivity contribution in [2.45, 2.75) is 4.90 Å². The van der Waals surface area contributed by atoms with E-state index in [0.717, 1.165) is 4.31 Å². The number of sulfonamides is 1. The normalized spacial score (nSPS) is 11.1. The summed E-state index contributed by atoms with van der Waals surface area (Å²) in [7, 11) is 1.02. The number of hydrogen-bond donors (Lipinski definition) is 2. The van der Waals surface area contributed by atoms with E-state index in [1.165, 1.54) is 38.4 Å². The number of benzene rings is 2. The monoisotopic (exact) mass is 391 g/mol. The van der Waals surface area contributed by atoms with Crippen LogP contribution in [0.15, 0.2) is 53.4 Å². The maximum Gasteiger partial charge on any atom is 0.340 e. The molecule has 0 bridgehead atoms. The second-order valence-electron chi connectivity index (χ2n) is 5.73. The molecule has 0 atom stereocenters. The van der Waals surface area contributed by atoms with Gasteiger partial charge >= 0.3 is 5.97 Å². The zero-order chi connectivity index (χ0) is 20.0. The van der Waals surface area contributed by atoms with Crippen molar-refractivity contribution in [2.24, 2.45) is 0 Å². The molecule has 0 spiro atoms. The van der Waals surface area contributed by atoms with Crippen LogP contribution in [-0.4, -0.2) is 52.3 Å². The molecule has 2 aromatic carbocycles. The Bertz CT molecular complexity index is 924. The smallest absolute Gasteiger partial charge is 0.340 e. The van der Waals surface area contributed by atoms with Crippen LogP contribution < -0.4 is 10.6 Å². The third-order valence-corrected chi connectivity index (χ3v) is 5.50. The molecule has 27 heavy (non-hydrogen) atoms. The summed E-state index contributed by atoms with van der Waals surface area (Å²) in [5.41, 5.74) is 1.32. The first-order valence-electron chi connectivity index (χ1n) is 8.02. The van der Waals surface area contributed by atoms with Crippen molar-refractivity contribution in [3.63, 3.8) is 0 Å². The molecule has 1 amide bonds. The molecule has 0 heterocycles. The Morgan fingerprint density at radius 3 is 2.26 bits per heavy atom. The summed E-state index contributed by atoms with van der Waals surface area (Å²) in [6.07, 6.45) is 0. The number of nitrogens with zero attached hydrogens (tertiary/aromatic N) is 1. The summed E-state index contributed by atoms with van der Waals surface area (Å²) >= 11 is 0. The third-order valence-electron chi connectivity index (χ3n) is 3.67. The molecule has 0 saturated heterocycles. The number of rotatable bonds is 7. The van der Waals surface area contributed by atoms with E-state index in [1.54, 1.807) is 31.3 Å². The van der Waals surface area contributed by atoms with Crippen LogP contribution in [0, 0.1) is 0 Å². The molecule has 0 aliphatic rings. The van der Waals surface area contributed by atoms with Crippen LogP contribution in [-0.2, 0) is 19.6 Å². The number of amides is 1. The van der Waals surface area contributed by atoms with Crippen molar-refractivity contribution in [3.8, 4) is 0 Å². The number of carbonyl (C=O) groups is 2. The molecular weight excluding hydrogens is 370 g/mol. The molecule has 0 unspecified atom stereocenters. The van der Waals surface area contributed by atoms with Crippen molar-refractivity contribution in [1.82, 2.24) is 4.31 Å². The highest BCUT2D eigenvalue weighted by Gasteiger charge is 2.17. The molecule has 0 aliphatic carbocycles. The molecule has 2 aromatic rings. The van der Waals surface area contributed by atoms with Crippen molar-refractivity contribution in [3.05, 3.63) is 54.1 Å². The van der Waals surface area contributed by atoms with Gasteiger partial charge in [0.1, 0.15) is 0 Å². The SMILES string of the molecule is CNc1ccccc1C(=O)OCC(=O)Nc1ccc(S(=O)(=O)N(C)C)cc1. The van der Waals surface area contributed by atoms with Gasteiger partial charge in [0.05, 0.1) is 10.5 Å². The van der Waals surface area contributed by atoms with Crippen LogP contribution in [0.4, 0.5) is 11.4 Å². The first kappa shape index (κ1) is 20.4. The van der Waals surface area contributed by atoms with Gasteiger partial charge in [0.2, 0.25) is 10.0 Å². The summed E-state index contributed by atoms with van der Waals surface area (Å²) in [4.78, 5) is 24.2. The standard InChI is InChI=1S/C18H21N3O5S/c1-19-16-7-5-4-6-15(16)18(23)26-12-17(22)20-13-8-10-14(11-9-13)27(24,25)21(2)3/h4-11,19H,12H2,1-3H3,(H,20,22). The molecule has 144 valence electrons. The number of anilines is 2. The fraction of sp³-hybridized carbons (Fsp3) is 0.222. The van der Waals surface area contributed by atoms with Crippen molar-refractivity contribution < 1.29 is 22.7 Å². The Hall–Kier alpha value is -2.91. The molecule has 0 saturated carbocycles. The van der Waals surface area contributed by atoms with Gasteiger partial charge in [0, 0.05) is 32.5 Å². The summed E-state index contributed by atoms with van der Waals surface area (Å²) in [6, 6.07) is 12.5. The van der Waals surface area contributed by atoms with Gasteiger partial charge in [-0.2, -0.15) is 0 Å². The average molecular weight is 391 g/mol. The summed E-state index contributed by atoms with van der Waals surface area (Å²) in [5, 5.41) is 5.42. The van der Waals surface area contributed by atoms with Crippen LogP contribution >= 0.6 is 0 Å². The number of hydrogen-bond acceptors (Lipinski definition) is 6. The van der Waals surface area contributed by atoms with Gasteiger partial charge in [0.25, 0.3) is 5.91 Å². The first-order chi connectivity index (χ1) is 12.8. The summed E-state index contributed by atoms with van der Waals surface area (Å²) in [5.74, 6) is -1.16. The highest BCUT2D eigenvalue weighted by molar-refractivity contribution is 7.89. The van der Waals surface area contributed by atoms with Gasteiger partial charge in [-0.15, -0.1) is 0 Å². The fourth-order valence-corrected chi connectivity index (χ4v) is 3.11. The lowest BCUT2D eigenvalue weighted by atomic mass is 10.2. The number of carbonyl (C=O) groups excluding carboxylic acids is 2. The Labute approximate surface area is 158 Å². The maximum absolute atomic E-state index is 12.1. The lowest BCUT2D eigenvalue weighted by Crippen LogP contribution is -2.23. The zero-order valence-corrected chi connectivity index (χ0v) is 16.0. The van der Waals surface area contributed by atoms with E-state index in [1.807, 2.05) is 0 Å². The minimum Gasteiger partial charge on any atom is -0.452 e. The molecule has 0 aliphatic heterocycles. The second kappa shape index (κ2) is 8.65. The van der Waals surface area contributed by atoms with Gasteiger partial charge < -0.3 is 15.4 Å². The molecule has 0 radical (unpaired) electrons. The van der Waals surface area contributed by atoms with E-state index in [0.29, 0.717) is 16.9 Å². The van der Waals surface area contributed by atoms with E-state index in [-0.39, 0.29) is 4.90 Å². The highest BCUT2D eigenvalue weighted by Crippen LogP contribution is 2.17. The van der Waals surface area contributed by atoms with E-state index in [4.69, 9.17) is 4.74 Å². The largest absolute Gasteiger partial charge is 0.452 e. The quantitative estimate of drug-likeness (QED) is 0.697. The number of ether oxygens (including phenoxy) is 1. The lowest BCUT2D eigenvalue weighted by molar-refractivity contribution is -0.119. The van der Waals surface area contributed by atoms with Crippen molar-refractivity contribution in [2.75, 3.05) is 38.4 Å². The van der Waals surface area contributed by atoms with E-state index < -0.39 is 28.5 Å². The number of esters is 1. The molecular formula is C18H21N3O5S. The molecule has 8 nitrogen and oxygen atoms in total. The second-order valence-corrected chi connectivity index (χ2v) is 7.88. The van der Waals surface area contributed by atoms with Gasteiger partial charge in [-0.05, 0) is 36.4 Å². The van der Waals surface area contributed by atoms with Gasteiger partial charge in [-0.3, -0.25) is 4.79 Å². The Morgan fingerprint density at radius 1 is 1.04 bits per heavy atom. The van der Waals surface area contributed by atoms with Crippen LogP contribution in [0.1, 0.15) is 10.4 Å². The van der Waals surface area contributed by atoms with Gasteiger partial charge in [-0.1, -0.05) is 12.1 Å². The predicted octanol–water partition coefficient (Wildman–Crippen LogP) is 1.77.